The van der Waals surface area contributed by atoms with Crippen molar-refractivity contribution >= 4 is 5.91 Å². The Morgan fingerprint density at radius 2 is 2.56 bits per heavy atom. The number of hydrogen-bond acceptors (Lipinski definition) is 3. The molecule has 1 fully saturated rings. The van der Waals surface area contributed by atoms with Crippen molar-refractivity contribution in [2.45, 2.75) is 25.8 Å². The fraction of sp³-hybridized carbons (Fsp3) is 0.667. The first-order valence-electron chi connectivity index (χ1n) is 5.71. The maximum atomic E-state index is 11.7. The van der Waals surface area contributed by atoms with Gasteiger partial charge >= 0.3 is 0 Å². The molecule has 2 atom stereocenters. The zero-order valence-corrected chi connectivity index (χ0v) is 9.78. The van der Waals surface area contributed by atoms with Gasteiger partial charge in [0.2, 0.25) is 5.91 Å². The summed E-state index contributed by atoms with van der Waals surface area (Å²) in [6, 6.07) is 2.12. The summed E-state index contributed by atoms with van der Waals surface area (Å²) in [6.07, 6.45) is 3.62. The summed E-state index contributed by atoms with van der Waals surface area (Å²) in [5, 5.41) is 11.7. The summed E-state index contributed by atoms with van der Waals surface area (Å²) in [6.45, 7) is 7.56. The van der Waals surface area contributed by atoms with Gasteiger partial charge in [0.05, 0.1) is 18.0 Å². The number of amides is 1. The first-order valence-corrected chi connectivity index (χ1v) is 5.71. The topological polar surface area (TPSA) is 56.1 Å². The molecule has 0 aromatic rings. The maximum absolute atomic E-state index is 11.7. The van der Waals surface area contributed by atoms with Gasteiger partial charge in [-0.15, -0.1) is 6.58 Å². The summed E-state index contributed by atoms with van der Waals surface area (Å²) >= 11 is 0. The first-order chi connectivity index (χ1) is 7.69. The zero-order chi connectivity index (χ0) is 12.0. The molecule has 1 heterocycles. The van der Waals surface area contributed by atoms with Crippen LogP contribution in [0.5, 0.6) is 0 Å². The van der Waals surface area contributed by atoms with E-state index in [0.29, 0.717) is 13.1 Å². The molecule has 1 N–H and O–H groups in total. The molecule has 1 saturated heterocycles. The molecule has 4 heteroatoms. The molecular weight excluding hydrogens is 202 g/mol. The summed E-state index contributed by atoms with van der Waals surface area (Å²) in [5.41, 5.74) is 0. The monoisotopic (exact) mass is 221 g/mol. The van der Waals surface area contributed by atoms with Crippen LogP contribution in [0.2, 0.25) is 0 Å². The van der Waals surface area contributed by atoms with Crippen LogP contribution >= 0.6 is 0 Å². The van der Waals surface area contributed by atoms with Crippen molar-refractivity contribution < 1.29 is 4.79 Å². The number of nitrogens with one attached hydrogen (secondary N) is 1. The number of nitrogens with zero attached hydrogens (tertiary/aromatic N) is 2. The first kappa shape index (κ1) is 12.7. The molecule has 1 aliphatic heterocycles. The number of hydrogen-bond donors (Lipinski definition) is 1. The quantitative estimate of drug-likeness (QED) is 0.718. The number of piperidine rings is 1. The molecule has 0 spiro atoms. The lowest BCUT2D eigenvalue weighted by Crippen LogP contribution is -2.48. The number of carbonyl (C=O) groups is 1. The van der Waals surface area contributed by atoms with E-state index in [9.17, 15) is 4.79 Å². The molecule has 2 unspecified atom stereocenters. The average Bonchev–Trinajstić information content (AvgIpc) is 2.35. The molecule has 0 saturated carbocycles. The predicted octanol–water partition coefficient (Wildman–Crippen LogP) is 0.913. The Balaban J connectivity index is 2.46. The second kappa shape index (κ2) is 6.29. The van der Waals surface area contributed by atoms with E-state index in [4.69, 9.17) is 5.26 Å². The van der Waals surface area contributed by atoms with E-state index in [1.54, 1.807) is 6.08 Å². The van der Waals surface area contributed by atoms with Gasteiger partial charge in [-0.1, -0.05) is 6.08 Å². The lowest BCUT2D eigenvalue weighted by atomic mass is 9.98. The minimum absolute atomic E-state index is 0.0125. The van der Waals surface area contributed by atoms with Crippen LogP contribution in [-0.2, 0) is 4.79 Å². The predicted molar refractivity (Wildman–Crippen MR) is 62.6 cm³/mol. The van der Waals surface area contributed by atoms with Gasteiger partial charge < -0.3 is 5.32 Å². The molecule has 0 aliphatic carbocycles. The SMILES string of the molecule is C=CCNC(=O)C(C)N1CCCC(C#N)C1. The van der Waals surface area contributed by atoms with Gasteiger partial charge in [-0.25, -0.2) is 0 Å². The van der Waals surface area contributed by atoms with Gasteiger partial charge in [0, 0.05) is 13.1 Å². The Morgan fingerprint density at radius 1 is 1.81 bits per heavy atom. The molecule has 4 nitrogen and oxygen atoms in total. The van der Waals surface area contributed by atoms with Crippen LogP contribution in [0.25, 0.3) is 0 Å². The fourth-order valence-electron chi connectivity index (χ4n) is 1.95. The third kappa shape index (κ3) is 3.35. The van der Waals surface area contributed by atoms with E-state index in [1.807, 2.05) is 6.92 Å². The van der Waals surface area contributed by atoms with Gasteiger partial charge in [-0.3, -0.25) is 9.69 Å². The second-order valence-corrected chi connectivity index (χ2v) is 4.17. The number of rotatable bonds is 4. The lowest BCUT2D eigenvalue weighted by Gasteiger charge is -2.33. The lowest BCUT2D eigenvalue weighted by molar-refractivity contribution is -0.126. The van der Waals surface area contributed by atoms with Crippen LogP contribution in [0.1, 0.15) is 19.8 Å². The van der Waals surface area contributed by atoms with E-state index >= 15 is 0 Å². The van der Waals surface area contributed by atoms with Crippen LogP contribution in [-0.4, -0.2) is 36.5 Å². The highest BCUT2D eigenvalue weighted by molar-refractivity contribution is 5.81. The summed E-state index contributed by atoms with van der Waals surface area (Å²) in [5.74, 6) is 0.0851. The minimum Gasteiger partial charge on any atom is -0.351 e. The Bertz CT molecular complexity index is 295. The van der Waals surface area contributed by atoms with Crippen molar-refractivity contribution in [1.82, 2.24) is 10.2 Å². The van der Waals surface area contributed by atoms with E-state index in [1.165, 1.54) is 0 Å². The standard InChI is InChI=1S/C12H19N3O/c1-3-6-14-12(16)10(2)15-7-4-5-11(8-13)9-15/h3,10-11H,1,4-7,9H2,2H3,(H,14,16). The third-order valence-corrected chi connectivity index (χ3v) is 2.98. The van der Waals surface area contributed by atoms with Crippen LogP contribution in [0.4, 0.5) is 0 Å². The van der Waals surface area contributed by atoms with Crippen LogP contribution in [0.3, 0.4) is 0 Å². The molecule has 0 bridgehead atoms. The van der Waals surface area contributed by atoms with E-state index in [0.717, 1.165) is 19.4 Å². The summed E-state index contributed by atoms with van der Waals surface area (Å²) in [4.78, 5) is 13.8. The van der Waals surface area contributed by atoms with Crippen molar-refractivity contribution in [3.63, 3.8) is 0 Å². The van der Waals surface area contributed by atoms with Crippen molar-refractivity contribution in [1.29, 1.82) is 5.26 Å². The van der Waals surface area contributed by atoms with Gasteiger partial charge in [0.15, 0.2) is 0 Å². The Hall–Kier alpha value is -1.34. The summed E-state index contributed by atoms with van der Waals surface area (Å²) < 4.78 is 0. The number of carbonyl (C=O) groups excluding carboxylic acids is 1. The van der Waals surface area contributed by atoms with Gasteiger partial charge in [0.1, 0.15) is 0 Å². The number of nitriles is 1. The van der Waals surface area contributed by atoms with Crippen LogP contribution in [0.15, 0.2) is 12.7 Å². The molecule has 1 amide bonds. The largest absolute Gasteiger partial charge is 0.351 e. The zero-order valence-electron chi connectivity index (χ0n) is 9.78. The second-order valence-electron chi connectivity index (χ2n) is 4.17. The minimum atomic E-state index is -0.156. The smallest absolute Gasteiger partial charge is 0.237 e. The molecule has 1 rings (SSSR count). The summed E-state index contributed by atoms with van der Waals surface area (Å²) in [7, 11) is 0. The van der Waals surface area contributed by atoms with E-state index in [2.05, 4.69) is 22.9 Å². The van der Waals surface area contributed by atoms with Crippen LogP contribution in [0, 0.1) is 17.2 Å². The van der Waals surface area contributed by atoms with Crippen molar-refractivity contribution in [2.75, 3.05) is 19.6 Å². The maximum Gasteiger partial charge on any atom is 0.237 e. The molecule has 16 heavy (non-hydrogen) atoms. The van der Waals surface area contributed by atoms with Crippen molar-refractivity contribution in [2.24, 2.45) is 5.92 Å². The highest BCUT2D eigenvalue weighted by Crippen LogP contribution is 2.17. The van der Waals surface area contributed by atoms with Gasteiger partial charge in [0.25, 0.3) is 0 Å². The third-order valence-electron chi connectivity index (χ3n) is 2.98. The average molecular weight is 221 g/mol. The van der Waals surface area contributed by atoms with E-state index < -0.39 is 0 Å². The normalized spacial score (nSPS) is 23.1. The van der Waals surface area contributed by atoms with Crippen LogP contribution < -0.4 is 5.32 Å². The Morgan fingerprint density at radius 3 is 3.19 bits per heavy atom. The fourth-order valence-corrected chi connectivity index (χ4v) is 1.95. The molecule has 88 valence electrons. The van der Waals surface area contributed by atoms with Gasteiger partial charge in [-0.2, -0.15) is 5.26 Å². The number of likely N-dealkylation sites (tertiary alicyclic amines) is 1. The molecular formula is C12H19N3O. The molecule has 1 aliphatic rings. The molecule has 0 radical (unpaired) electrons. The molecule has 0 aromatic carbocycles. The van der Waals surface area contributed by atoms with Crippen molar-refractivity contribution in [3.8, 4) is 6.07 Å². The molecule has 0 aromatic heterocycles. The highest BCUT2D eigenvalue weighted by atomic mass is 16.2. The Kier molecular flexibility index (Phi) is 5.00. The van der Waals surface area contributed by atoms with E-state index in [-0.39, 0.29) is 17.9 Å². The van der Waals surface area contributed by atoms with Crippen molar-refractivity contribution in [3.05, 3.63) is 12.7 Å². The Labute approximate surface area is 96.9 Å². The highest BCUT2D eigenvalue weighted by Gasteiger charge is 2.26. The van der Waals surface area contributed by atoms with Gasteiger partial charge in [-0.05, 0) is 26.3 Å².